The number of hydrogen-bond donors (Lipinski definition) is 2. The minimum Gasteiger partial charge on any atom is -0.361 e. The summed E-state index contributed by atoms with van der Waals surface area (Å²) in [5.74, 6) is 0.951. The van der Waals surface area contributed by atoms with Gasteiger partial charge in [0.25, 0.3) is 0 Å². The fourth-order valence-corrected chi connectivity index (χ4v) is 6.07. The molecule has 2 unspecified atom stereocenters. The molecule has 31 heavy (non-hydrogen) atoms. The third-order valence-electron chi connectivity index (χ3n) is 5.65. The van der Waals surface area contributed by atoms with E-state index in [-0.39, 0.29) is 17.4 Å². The molecule has 0 bridgehead atoms. The Balaban J connectivity index is 1.47. The maximum absolute atomic E-state index is 12.4. The van der Waals surface area contributed by atoms with Gasteiger partial charge in [-0.2, -0.15) is 0 Å². The highest BCUT2D eigenvalue weighted by molar-refractivity contribution is 7.91. The molecule has 0 saturated carbocycles. The van der Waals surface area contributed by atoms with Gasteiger partial charge < -0.3 is 5.32 Å². The minimum atomic E-state index is -3.43. The van der Waals surface area contributed by atoms with Crippen molar-refractivity contribution in [3.8, 4) is 0 Å². The number of fused-ring (bicyclic) bond motifs is 1. The molecule has 1 aromatic carbocycles. The molecule has 1 aliphatic heterocycles. The van der Waals surface area contributed by atoms with Gasteiger partial charge in [0.15, 0.2) is 0 Å². The quantitative estimate of drug-likeness (QED) is 0.497. The lowest BCUT2D eigenvalue weighted by Gasteiger charge is -2.23. The van der Waals surface area contributed by atoms with Crippen molar-refractivity contribution in [1.29, 1.82) is 0 Å². The predicted octanol–water partition coefficient (Wildman–Crippen LogP) is 4.84. The van der Waals surface area contributed by atoms with Crippen LogP contribution in [0, 0.1) is 0 Å². The van der Waals surface area contributed by atoms with Gasteiger partial charge in [-0.3, -0.25) is 4.98 Å². The van der Waals surface area contributed by atoms with Crippen LogP contribution < -0.4 is 10.0 Å². The summed E-state index contributed by atoms with van der Waals surface area (Å²) in [4.78, 5) is 9.04. The third kappa shape index (κ3) is 4.81. The number of thiophene rings is 1. The molecule has 0 radical (unpaired) electrons. The van der Waals surface area contributed by atoms with Crippen LogP contribution in [-0.4, -0.2) is 24.9 Å². The average Bonchev–Trinajstić information content (AvgIpc) is 3.40. The summed E-state index contributed by atoms with van der Waals surface area (Å²) in [7, 11) is -3.43. The van der Waals surface area contributed by atoms with Gasteiger partial charge in [-0.1, -0.05) is 51.1 Å². The summed E-state index contributed by atoms with van der Waals surface area (Å²) < 4.78 is 27.8. The molecule has 2 N–H and O–H groups in total. The first-order valence-electron chi connectivity index (χ1n) is 10.5. The Hall–Kier alpha value is -2.29. The molecule has 2 atom stereocenters. The van der Waals surface area contributed by atoms with E-state index in [0.717, 1.165) is 17.9 Å². The number of hydrogen-bond acceptors (Lipinski definition) is 6. The zero-order chi connectivity index (χ0) is 22.1. The van der Waals surface area contributed by atoms with Gasteiger partial charge in [-0.25, -0.2) is 18.1 Å². The number of benzene rings is 1. The first-order valence-corrected chi connectivity index (χ1v) is 12.8. The fourth-order valence-electron chi connectivity index (χ4n) is 3.96. The Morgan fingerprint density at radius 2 is 1.84 bits per heavy atom. The van der Waals surface area contributed by atoms with Gasteiger partial charge in [0.2, 0.25) is 10.0 Å². The predicted molar refractivity (Wildman–Crippen MR) is 125 cm³/mol. The number of aromatic nitrogens is 2. The van der Waals surface area contributed by atoms with Crippen LogP contribution in [-0.2, 0) is 15.4 Å². The van der Waals surface area contributed by atoms with E-state index >= 15 is 0 Å². The lowest BCUT2D eigenvalue weighted by atomic mass is 9.84. The lowest BCUT2D eigenvalue weighted by Crippen LogP contribution is -2.24. The van der Waals surface area contributed by atoms with Crippen molar-refractivity contribution in [3.05, 3.63) is 71.0 Å². The molecule has 0 aliphatic carbocycles. The standard InChI is InChI=1S/C23H28N4O2S2/c1-23(2,3)17-10-8-16(9-11-17)20-18(21-22(27-20)25-14-13-24-21)6-4-12-26-31(28,29)19-7-5-15-30-19/h5,7-11,13-15,18,20,26H,4,6,12H2,1-3H3,(H,25,27). The van der Waals surface area contributed by atoms with Gasteiger partial charge in [0.1, 0.15) is 10.0 Å². The normalized spacial score (nSPS) is 18.5. The topological polar surface area (TPSA) is 84.0 Å². The van der Waals surface area contributed by atoms with Crippen LogP contribution >= 0.6 is 11.3 Å². The van der Waals surface area contributed by atoms with Crippen LogP contribution in [0.2, 0.25) is 0 Å². The Kier molecular flexibility index (Phi) is 6.14. The van der Waals surface area contributed by atoms with Crippen molar-refractivity contribution < 1.29 is 8.42 Å². The molecule has 8 heteroatoms. The van der Waals surface area contributed by atoms with Crippen LogP contribution in [0.4, 0.5) is 5.82 Å². The largest absolute Gasteiger partial charge is 0.361 e. The van der Waals surface area contributed by atoms with Gasteiger partial charge in [-0.15, -0.1) is 11.3 Å². The molecule has 1 aliphatic rings. The van der Waals surface area contributed by atoms with Gasteiger partial charge >= 0.3 is 0 Å². The molecule has 3 heterocycles. The summed E-state index contributed by atoms with van der Waals surface area (Å²) in [5.41, 5.74) is 3.54. The SMILES string of the molecule is CC(C)(C)c1ccc(C2Nc3nccnc3C2CCCNS(=O)(=O)c2cccs2)cc1. The molecule has 0 spiro atoms. The van der Waals surface area contributed by atoms with Gasteiger partial charge in [0, 0.05) is 24.9 Å². The van der Waals surface area contributed by atoms with Crippen molar-refractivity contribution in [1.82, 2.24) is 14.7 Å². The monoisotopic (exact) mass is 456 g/mol. The van der Waals surface area contributed by atoms with E-state index in [0.29, 0.717) is 17.2 Å². The first-order chi connectivity index (χ1) is 14.8. The second kappa shape index (κ2) is 8.68. The molecule has 4 rings (SSSR count). The smallest absolute Gasteiger partial charge is 0.250 e. The highest BCUT2D eigenvalue weighted by atomic mass is 32.2. The Morgan fingerprint density at radius 1 is 1.10 bits per heavy atom. The van der Waals surface area contributed by atoms with Crippen LogP contribution in [0.15, 0.2) is 58.4 Å². The fraction of sp³-hybridized carbons (Fsp3) is 0.391. The highest BCUT2D eigenvalue weighted by Crippen LogP contribution is 2.44. The molecule has 0 amide bonds. The summed E-state index contributed by atoms with van der Waals surface area (Å²) in [6.45, 7) is 7.01. The van der Waals surface area contributed by atoms with Crippen molar-refractivity contribution >= 4 is 27.2 Å². The molecule has 0 fully saturated rings. The summed E-state index contributed by atoms with van der Waals surface area (Å²) in [6, 6.07) is 12.2. The van der Waals surface area contributed by atoms with Crippen molar-refractivity contribution in [2.45, 2.75) is 55.2 Å². The third-order valence-corrected chi connectivity index (χ3v) is 8.51. The summed E-state index contributed by atoms with van der Waals surface area (Å²) in [5, 5.41) is 5.30. The molecule has 0 saturated heterocycles. The average molecular weight is 457 g/mol. The zero-order valence-corrected chi connectivity index (χ0v) is 19.6. The number of nitrogens with one attached hydrogen (secondary N) is 2. The second-order valence-corrected chi connectivity index (χ2v) is 11.8. The van der Waals surface area contributed by atoms with E-state index in [9.17, 15) is 8.42 Å². The summed E-state index contributed by atoms with van der Waals surface area (Å²) in [6.07, 6.45) is 4.93. The zero-order valence-electron chi connectivity index (χ0n) is 18.0. The molecule has 2 aromatic heterocycles. The first kappa shape index (κ1) is 21.9. The van der Waals surface area contributed by atoms with Crippen LogP contribution in [0.5, 0.6) is 0 Å². The van der Waals surface area contributed by atoms with Crippen LogP contribution in [0.3, 0.4) is 0 Å². The van der Waals surface area contributed by atoms with Crippen molar-refractivity contribution in [2.24, 2.45) is 0 Å². The summed E-state index contributed by atoms with van der Waals surface area (Å²) >= 11 is 1.23. The van der Waals surface area contributed by atoms with E-state index < -0.39 is 10.0 Å². The number of rotatable bonds is 7. The molecule has 6 nitrogen and oxygen atoms in total. The molecular weight excluding hydrogens is 428 g/mol. The second-order valence-electron chi connectivity index (χ2n) is 8.86. The van der Waals surface area contributed by atoms with E-state index in [1.807, 2.05) is 0 Å². The lowest BCUT2D eigenvalue weighted by molar-refractivity contribution is 0.529. The van der Waals surface area contributed by atoms with Crippen molar-refractivity contribution in [2.75, 3.05) is 11.9 Å². The Morgan fingerprint density at radius 3 is 2.52 bits per heavy atom. The van der Waals surface area contributed by atoms with Crippen molar-refractivity contribution in [3.63, 3.8) is 0 Å². The van der Waals surface area contributed by atoms with E-state index in [2.05, 4.69) is 65.0 Å². The van der Waals surface area contributed by atoms with Gasteiger partial charge in [0.05, 0.1) is 11.7 Å². The van der Waals surface area contributed by atoms with E-state index in [1.165, 1.54) is 22.5 Å². The number of sulfonamides is 1. The maximum Gasteiger partial charge on any atom is 0.250 e. The Labute approximate surface area is 188 Å². The number of anilines is 1. The number of nitrogens with zero attached hydrogens (tertiary/aromatic N) is 2. The molecule has 164 valence electrons. The Bertz CT molecular complexity index is 1120. The van der Waals surface area contributed by atoms with E-state index in [4.69, 9.17) is 0 Å². The van der Waals surface area contributed by atoms with Crippen LogP contribution in [0.25, 0.3) is 0 Å². The van der Waals surface area contributed by atoms with Gasteiger partial charge in [-0.05, 0) is 40.8 Å². The highest BCUT2D eigenvalue weighted by Gasteiger charge is 2.35. The van der Waals surface area contributed by atoms with E-state index in [1.54, 1.807) is 29.9 Å². The minimum absolute atomic E-state index is 0.0697. The maximum atomic E-state index is 12.4. The molecular formula is C23H28N4O2S2. The van der Waals surface area contributed by atoms with Crippen LogP contribution in [0.1, 0.15) is 62.4 Å². The molecule has 3 aromatic rings.